The average molecular weight is 1490 g/mol. The maximum absolute atomic E-state index is 13.5. The molecule has 0 saturated heterocycles. The first-order chi connectivity index (χ1) is 49.8. The zero-order chi connectivity index (χ0) is 75.3. The molecule has 105 heavy (non-hydrogen) atoms. The number of ketones is 2. The number of aryl methyl sites for hydroxylation is 3. The van der Waals surface area contributed by atoms with E-state index in [2.05, 4.69) is 44.2 Å². The number of carboxylic acids is 2. The van der Waals surface area contributed by atoms with Gasteiger partial charge in [-0.25, -0.2) is 19.9 Å². The number of nitrogens with zero attached hydrogens (tertiary/aromatic N) is 4. The van der Waals surface area contributed by atoms with Crippen molar-refractivity contribution in [2.24, 2.45) is 22.0 Å². The molecule has 3 aliphatic carbocycles. The van der Waals surface area contributed by atoms with Crippen LogP contribution in [0.1, 0.15) is 154 Å². The minimum absolute atomic E-state index is 0.0374. The SMILES string of the molecule is CC(C)(C)OC(=O)CC1(C(=O)CCc2nc3ccccc3s2)Cc2ccccc2C1.CC(C)(C)OC(=O)CC1(C(=O)O)Cc2ccccc2C1.CC(C)(C)OC(=O)CCc1nc2ccccc2s1.NCc1nc2ccccc2s1.O=C(O)CC1(C(=O)CCc2nc3ccccc3s2)Cc2ccccc2C1. The van der Waals surface area contributed by atoms with E-state index in [0.29, 0.717) is 83.6 Å². The van der Waals surface area contributed by atoms with Gasteiger partial charge in [-0.15, -0.1) is 45.3 Å². The molecule has 0 aliphatic heterocycles. The molecule has 17 nitrogen and oxygen atoms in total. The zero-order valence-corrected chi connectivity index (χ0v) is 64.2. The van der Waals surface area contributed by atoms with Gasteiger partial charge in [-0.05, 0) is 183 Å². The van der Waals surface area contributed by atoms with Crippen LogP contribution < -0.4 is 5.73 Å². The maximum Gasteiger partial charge on any atom is 0.310 e. The van der Waals surface area contributed by atoms with Crippen molar-refractivity contribution < 1.29 is 58.0 Å². The predicted octanol–water partition coefficient (Wildman–Crippen LogP) is 17.3. The van der Waals surface area contributed by atoms with Gasteiger partial charge in [-0.1, -0.05) is 121 Å². The number of nitrogens with two attached hydrogens (primary N) is 1. The quantitative estimate of drug-likeness (QED) is 0.0502. The summed E-state index contributed by atoms with van der Waals surface area (Å²) in [4.78, 5) is 104. The lowest BCUT2D eigenvalue weighted by atomic mass is 9.76. The van der Waals surface area contributed by atoms with Crippen molar-refractivity contribution in [1.29, 1.82) is 0 Å². The molecule has 0 spiro atoms. The molecular weight excluding hydrogens is 1400 g/mol. The summed E-state index contributed by atoms with van der Waals surface area (Å²) in [6, 6.07) is 55.7. The third-order valence-corrected chi connectivity index (χ3v) is 22.4. The second kappa shape index (κ2) is 33.9. The van der Waals surface area contributed by atoms with Crippen molar-refractivity contribution in [2.45, 2.75) is 182 Å². The number of carbonyl (C=O) groups excluding carboxylic acids is 5. The van der Waals surface area contributed by atoms with Gasteiger partial charge in [0.15, 0.2) is 0 Å². The number of fused-ring (bicyclic) bond motifs is 7. The monoisotopic (exact) mass is 1490 g/mol. The number of rotatable bonds is 19. The first-order valence-corrected chi connectivity index (χ1v) is 38.6. The van der Waals surface area contributed by atoms with Crippen LogP contribution in [0.3, 0.4) is 0 Å². The van der Waals surface area contributed by atoms with Crippen molar-refractivity contribution in [3.05, 3.63) is 223 Å². The highest BCUT2D eigenvalue weighted by Crippen LogP contribution is 2.45. The number of aromatic nitrogens is 4. The molecule has 0 unspecified atom stereocenters. The maximum atomic E-state index is 13.5. The normalized spacial score (nSPS) is 14.3. The van der Waals surface area contributed by atoms with E-state index in [-0.39, 0.29) is 42.8 Å². The molecular formula is C84H91N5O12S4. The Morgan fingerprint density at radius 1 is 0.362 bits per heavy atom. The van der Waals surface area contributed by atoms with Gasteiger partial charge < -0.3 is 30.2 Å². The van der Waals surface area contributed by atoms with Gasteiger partial charge in [0, 0.05) is 49.5 Å². The molecule has 0 atom stereocenters. The van der Waals surface area contributed by atoms with Crippen LogP contribution in [0.4, 0.5) is 0 Å². The summed E-state index contributed by atoms with van der Waals surface area (Å²) in [5, 5.41) is 22.9. The van der Waals surface area contributed by atoms with E-state index < -0.39 is 51.0 Å². The second-order valence-electron chi connectivity index (χ2n) is 30.0. The molecule has 4 N–H and O–H groups in total. The summed E-state index contributed by atoms with van der Waals surface area (Å²) in [6.45, 7) is 17.1. The standard InChI is InChI=1S/C25H27NO3S.C21H19NO3S.C16H20O4.C14H17NO2S.C8H8N2S/c1-24(2,3)29-23(28)16-25(14-17-8-4-5-9-18(17)15-25)21(27)12-13-22-26-19-10-6-7-11-20(19)30-22;23-18(9-10-19-22-16-7-3-4-8-17(16)26-19)21(13-20(24)25)11-14-5-1-2-6-15(14)12-21;1-15(2,3)20-13(17)10-16(14(18)19)8-11-6-4-5-7-12(11)9-16;1-14(2,3)17-13(16)9-8-12-15-10-6-4-5-7-11(10)18-12;9-5-8-10-6-3-1-2-4-7(6)11-8/h4-11H,12-16H2,1-3H3;1-8H,9-13H2,(H,24,25);4-7H,8-10H2,1-3H3,(H,18,19);4-7H,8-9H2,1-3H3;1-4H,5,9H2. The number of esters is 3. The molecule has 0 amide bonds. The van der Waals surface area contributed by atoms with Gasteiger partial charge in [-0.2, -0.15) is 0 Å². The molecule has 0 fully saturated rings. The van der Waals surface area contributed by atoms with E-state index in [4.69, 9.17) is 19.9 Å². The number of para-hydroxylation sites is 4. The Morgan fingerprint density at radius 3 is 0.914 bits per heavy atom. The minimum atomic E-state index is -1.06. The Morgan fingerprint density at radius 2 is 0.619 bits per heavy atom. The highest BCUT2D eigenvalue weighted by molar-refractivity contribution is 7.19. The molecule has 0 saturated carbocycles. The van der Waals surface area contributed by atoms with E-state index in [1.54, 1.807) is 66.1 Å². The average Bonchev–Trinajstić information content (AvgIpc) is 1.63. The lowest BCUT2D eigenvalue weighted by molar-refractivity contribution is -0.164. The van der Waals surface area contributed by atoms with Gasteiger partial charge in [0.2, 0.25) is 0 Å². The van der Waals surface area contributed by atoms with E-state index in [9.17, 15) is 43.8 Å². The number of thiazole rings is 4. The van der Waals surface area contributed by atoms with Crippen LogP contribution in [0.15, 0.2) is 170 Å². The van der Waals surface area contributed by atoms with E-state index in [1.165, 1.54) is 4.70 Å². The Balaban J connectivity index is 0.000000145. The van der Waals surface area contributed by atoms with Crippen molar-refractivity contribution >= 4 is 128 Å². The van der Waals surface area contributed by atoms with Gasteiger partial charge in [0.25, 0.3) is 0 Å². The Bertz CT molecular complexity index is 4720. The largest absolute Gasteiger partial charge is 0.481 e. The van der Waals surface area contributed by atoms with Crippen LogP contribution >= 0.6 is 45.3 Å². The first-order valence-electron chi connectivity index (χ1n) is 35.3. The Kier molecular flexibility index (Phi) is 25.3. The smallest absolute Gasteiger partial charge is 0.310 e. The topological polar surface area (TPSA) is 265 Å². The molecule has 548 valence electrons. The number of aliphatic carboxylic acids is 2. The van der Waals surface area contributed by atoms with Gasteiger partial charge in [0.05, 0.1) is 87.0 Å². The molecule has 3 aliphatic rings. The van der Waals surface area contributed by atoms with E-state index >= 15 is 0 Å². The van der Waals surface area contributed by atoms with Crippen molar-refractivity contribution in [3.8, 4) is 0 Å². The first kappa shape index (κ1) is 78.3. The van der Waals surface area contributed by atoms with E-state index in [1.807, 2.05) is 187 Å². The highest BCUT2D eigenvalue weighted by atomic mass is 32.1. The number of ether oxygens (including phenoxy) is 3. The number of carboxylic acid groups (broad SMARTS) is 2. The molecule has 4 aromatic heterocycles. The Labute approximate surface area is 628 Å². The number of carbonyl (C=O) groups is 7. The molecule has 0 radical (unpaired) electrons. The lowest BCUT2D eigenvalue weighted by Crippen LogP contribution is -2.37. The van der Waals surface area contributed by atoms with Gasteiger partial charge in [0.1, 0.15) is 33.4 Å². The molecule has 11 aromatic rings. The van der Waals surface area contributed by atoms with Crippen LogP contribution in [-0.4, -0.2) is 88.4 Å². The fourth-order valence-electron chi connectivity index (χ4n) is 13.5. The third kappa shape index (κ3) is 21.5. The summed E-state index contributed by atoms with van der Waals surface area (Å²) in [7, 11) is 0. The van der Waals surface area contributed by atoms with Gasteiger partial charge in [-0.3, -0.25) is 33.6 Å². The molecule has 4 heterocycles. The molecule has 21 heteroatoms. The number of Topliss-reactive ketones (excluding diaryl/α,β-unsaturated/α-hetero) is 2. The Hall–Kier alpha value is -9.25. The zero-order valence-electron chi connectivity index (χ0n) is 61.0. The third-order valence-electron chi connectivity index (χ3n) is 18.1. The minimum Gasteiger partial charge on any atom is -0.481 e. The van der Waals surface area contributed by atoms with Crippen LogP contribution in [0.2, 0.25) is 0 Å². The number of benzene rings is 7. The van der Waals surface area contributed by atoms with Crippen LogP contribution in [0.5, 0.6) is 0 Å². The van der Waals surface area contributed by atoms with E-state index in [0.717, 1.165) is 89.6 Å². The summed E-state index contributed by atoms with van der Waals surface area (Å²) >= 11 is 6.54. The summed E-state index contributed by atoms with van der Waals surface area (Å²) in [5.41, 5.74) is 11.8. The van der Waals surface area contributed by atoms with Crippen molar-refractivity contribution in [3.63, 3.8) is 0 Å². The highest BCUT2D eigenvalue weighted by Gasteiger charge is 2.48. The van der Waals surface area contributed by atoms with Crippen molar-refractivity contribution in [1.82, 2.24) is 19.9 Å². The van der Waals surface area contributed by atoms with Crippen LogP contribution in [0, 0.1) is 16.2 Å². The lowest BCUT2D eigenvalue weighted by Gasteiger charge is -2.28. The second-order valence-corrected chi connectivity index (χ2v) is 34.5. The summed E-state index contributed by atoms with van der Waals surface area (Å²) in [6.07, 6.45) is 5.86. The number of hydrogen-bond acceptors (Lipinski definition) is 19. The molecule has 7 aromatic carbocycles. The molecule has 14 rings (SSSR count). The summed E-state index contributed by atoms with van der Waals surface area (Å²) < 4.78 is 20.7. The van der Waals surface area contributed by atoms with Crippen molar-refractivity contribution in [2.75, 3.05) is 0 Å². The number of hydrogen-bond donors (Lipinski definition) is 3. The fraction of sp³-hybridized carbons (Fsp3) is 0.369. The van der Waals surface area contributed by atoms with Crippen LogP contribution in [0.25, 0.3) is 40.9 Å². The van der Waals surface area contributed by atoms with Crippen LogP contribution in [-0.2, 0) is 112 Å². The van der Waals surface area contributed by atoms with Gasteiger partial charge >= 0.3 is 29.8 Å². The predicted molar refractivity (Wildman–Crippen MR) is 417 cm³/mol. The summed E-state index contributed by atoms with van der Waals surface area (Å²) in [5.74, 6) is -2.59. The molecule has 0 bridgehead atoms. The fourth-order valence-corrected chi connectivity index (χ4v) is 17.3.